The number of nitrogens with zero attached hydrogens (tertiary/aromatic N) is 1. The molecule has 0 aromatic heterocycles. The molecule has 1 aliphatic heterocycles. The summed E-state index contributed by atoms with van der Waals surface area (Å²) in [7, 11) is 2.24. The van der Waals surface area contributed by atoms with E-state index in [-0.39, 0.29) is 5.54 Å². The predicted molar refractivity (Wildman–Crippen MR) is 83.9 cm³/mol. The Balaban J connectivity index is 2.54. The minimum atomic E-state index is -0.660. The summed E-state index contributed by atoms with van der Waals surface area (Å²) in [5, 5.41) is 8.72. The third-order valence-corrected chi connectivity index (χ3v) is 5.88. The maximum atomic E-state index is 10.6. The number of carboxylic acid groups (broad SMARTS) is 1. The molecule has 118 valence electrons. The maximum Gasteiger partial charge on any atom is 0.303 e. The monoisotopic (exact) mass is 283 g/mol. The van der Waals surface area contributed by atoms with Gasteiger partial charge >= 0.3 is 5.97 Å². The highest BCUT2D eigenvalue weighted by Crippen LogP contribution is 2.42. The second kappa shape index (κ2) is 7.44. The molecular weight excluding hydrogens is 250 g/mol. The van der Waals surface area contributed by atoms with Gasteiger partial charge in [0.1, 0.15) is 0 Å². The second-order valence-corrected chi connectivity index (χ2v) is 7.12. The van der Waals surface area contributed by atoms with Gasteiger partial charge in [-0.05, 0) is 58.0 Å². The van der Waals surface area contributed by atoms with Crippen molar-refractivity contribution >= 4 is 5.97 Å². The molecule has 3 nitrogen and oxygen atoms in total. The molecule has 0 bridgehead atoms. The van der Waals surface area contributed by atoms with Crippen molar-refractivity contribution in [2.45, 2.75) is 71.8 Å². The van der Waals surface area contributed by atoms with Crippen LogP contribution in [0.15, 0.2) is 0 Å². The SMILES string of the molecule is CCC(CCCCC(=O)O)C1CCN(C)C(C)(C)C1C. The lowest BCUT2D eigenvalue weighted by atomic mass is 9.66. The normalized spacial score (nSPS) is 28.2. The standard InChI is InChI=1S/C17H33NO2/c1-6-14(9-7-8-10-16(19)20)15-11-12-18(5)17(3,4)13(15)2/h13-15H,6-12H2,1-5H3,(H,19,20). The first-order valence-electron chi connectivity index (χ1n) is 8.23. The van der Waals surface area contributed by atoms with E-state index < -0.39 is 5.97 Å². The van der Waals surface area contributed by atoms with Crippen LogP contribution in [0.4, 0.5) is 0 Å². The molecule has 0 aromatic rings. The summed E-state index contributed by atoms with van der Waals surface area (Å²) >= 11 is 0. The van der Waals surface area contributed by atoms with E-state index in [0.717, 1.165) is 24.7 Å². The van der Waals surface area contributed by atoms with Gasteiger partial charge in [-0.15, -0.1) is 0 Å². The van der Waals surface area contributed by atoms with Gasteiger partial charge in [0.05, 0.1) is 0 Å². The molecule has 1 N–H and O–H groups in total. The van der Waals surface area contributed by atoms with E-state index in [1.54, 1.807) is 0 Å². The highest BCUT2D eigenvalue weighted by Gasteiger charge is 2.41. The fraction of sp³-hybridized carbons (Fsp3) is 0.941. The number of hydrogen-bond donors (Lipinski definition) is 1. The molecule has 0 aliphatic carbocycles. The molecular formula is C17H33NO2. The third-order valence-electron chi connectivity index (χ3n) is 5.88. The summed E-state index contributed by atoms with van der Waals surface area (Å²) in [4.78, 5) is 13.1. The average Bonchev–Trinajstić information content (AvgIpc) is 2.38. The Bertz CT molecular complexity index is 314. The lowest BCUT2D eigenvalue weighted by molar-refractivity contribution is -0.137. The topological polar surface area (TPSA) is 40.5 Å². The first-order chi connectivity index (χ1) is 9.30. The van der Waals surface area contributed by atoms with Crippen LogP contribution in [0.5, 0.6) is 0 Å². The van der Waals surface area contributed by atoms with Gasteiger partial charge < -0.3 is 10.0 Å². The van der Waals surface area contributed by atoms with E-state index in [1.807, 2.05) is 0 Å². The molecule has 1 fully saturated rings. The van der Waals surface area contributed by atoms with E-state index >= 15 is 0 Å². The summed E-state index contributed by atoms with van der Waals surface area (Å²) in [5.41, 5.74) is 0.275. The van der Waals surface area contributed by atoms with Crippen molar-refractivity contribution in [3.05, 3.63) is 0 Å². The molecule has 0 saturated carbocycles. The van der Waals surface area contributed by atoms with Crippen LogP contribution in [0.25, 0.3) is 0 Å². The number of piperidine rings is 1. The second-order valence-electron chi connectivity index (χ2n) is 7.12. The Kier molecular flexibility index (Phi) is 6.50. The fourth-order valence-electron chi connectivity index (χ4n) is 3.80. The van der Waals surface area contributed by atoms with Crippen molar-refractivity contribution in [3.63, 3.8) is 0 Å². The molecule has 1 heterocycles. The predicted octanol–water partition coefficient (Wildman–Crippen LogP) is 4.02. The molecule has 1 rings (SSSR count). The number of carboxylic acids is 1. The molecule has 3 atom stereocenters. The molecule has 3 heteroatoms. The Morgan fingerprint density at radius 2 is 2.05 bits per heavy atom. The summed E-state index contributed by atoms with van der Waals surface area (Å²) in [5.74, 6) is 1.58. The smallest absolute Gasteiger partial charge is 0.303 e. The van der Waals surface area contributed by atoms with Crippen LogP contribution in [-0.4, -0.2) is 35.1 Å². The fourth-order valence-corrected chi connectivity index (χ4v) is 3.80. The average molecular weight is 283 g/mol. The van der Waals surface area contributed by atoms with Gasteiger partial charge in [0.2, 0.25) is 0 Å². The van der Waals surface area contributed by atoms with Crippen LogP contribution in [0, 0.1) is 17.8 Å². The van der Waals surface area contributed by atoms with Crippen LogP contribution < -0.4 is 0 Å². The number of likely N-dealkylation sites (tertiary alicyclic amines) is 1. The Morgan fingerprint density at radius 3 is 2.60 bits per heavy atom. The minimum absolute atomic E-state index is 0.275. The van der Waals surface area contributed by atoms with Crippen molar-refractivity contribution in [3.8, 4) is 0 Å². The molecule has 0 radical (unpaired) electrons. The van der Waals surface area contributed by atoms with E-state index in [1.165, 1.54) is 25.8 Å². The van der Waals surface area contributed by atoms with E-state index in [4.69, 9.17) is 5.11 Å². The highest BCUT2D eigenvalue weighted by molar-refractivity contribution is 5.66. The van der Waals surface area contributed by atoms with Crippen LogP contribution in [-0.2, 0) is 4.79 Å². The number of rotatable bonds is 7. The zero-order chi connectivity index (χ0) is 15.3. The van der Waals surface area contributed by atoms with Crippen molar-refractivity contribution in [1.82, 2.24) is 4.90 Å². The zero-order valence-corrected chi connectivity index (χ0v) is 14.0. The van der Waals surface area contributed by atoms with Gasteiger partial charge in [0.25, 0.3) is 0 Å². The van der Waals surface area contributed by atoms with Crippen molar-refractivity contribution in [2.75, 3.05) is 13.6 Å². The lowest BCUT2D eigenvalue weighted by Gasteiger charge is -2.51. The molecule has 0 aromatic carbocycles. The van der Waals surface area contributed by atoms with Crippen molar-refractivity contribution < 1.29 is 9.90 Å². The Hall–Kier alpha value is -0.570. The number of unbranched alkanes of at least 4 members (excludes halogenated alkanes) is 1. The zero-order valence-electron chi connectivity index (χ0n) is 14.0. The summed E-state index contributed by atoms with van der Waals surface area (Å²) in [6.45, 7) is 10.6. The minimum Gasteiger partial charge on any atom is -0.481 e. The van der Waals surface area contributed by atoms with Crippen LogP contribution in [0.1, 0.15) is 66.2 Å². The van der Waals surface area contributed by atoms with Crippen LogP contribution in [0.2, 0.25) is 0 Å². The molecule has 3 unspecified atom stereocenters. The Morgan fingerprint density at radius 1 is 1.40 bits per heavy atom. The van der Waals surface area contributed by atoms with Crippen LogP contribution >= 0.6 is 0 Å². The molecule has 0 spiro atoms. The van der Waals surface area contributed by atoms with Crippen molar-refractivity contribution in [2.24, 2.45) is 17.8 Å². The quantitative estimate of drug-likeness (QED) is 0.717. The van der Waals surface area contributed by atoms with E-state index in [2.05, 4.69) is 39.6 Å². The summed E-state index contributed by atoms with van der Waals surface area (Å²) in [6.07, 6.45) is 5.92. The van der Waals surface area contributed by atoms with E-state index in [9.17, 15) is 4.79 Å². The lowest BCUT2D eigenvalue weighted by Crippen LogP contribution is -2.54. The Labute approximate surface area is 124 Å². The van der Waals surface area contributed by atoms with E-state index in [0.29, 0.717) is 12.3 Å². The number of hydrogen-bond acceptors (Lipinski definition) is 2. The highest BCUT2D eigenvalue weighted by atomic mass is 16.4. The third kappa shape index (κ3) is 4.21. The van der Waals surface area contributed by atoms with Gasteiger partial charge in [-0.1, -0.05) is 33.1 Å². The summed E-state index contributed by atoms with van der Waals surface area (Å²) in [6, 6.07) is 0. The van der Waals surface area contributed by atoms with Crippen LogP contribution in [0.3, 0.4) is 0 Å². The largest absolute Gasteiger partial charge is 0.481 e. The van der Waals surface area contributed by atoms with Gasteiger partial charge in [-0.3, -0.25) is 4.79 Å². The molecule has 1 aliphatic rings. The van der Waals surface area contributed by atoms with Crippen molar-refractivity contribution in [1.29, 1.82) is 0 Å². The number of aliphatic carboxylic acids is 1. The molecule has 20 heavy (non-hydrogen) atoms. The molecule has 0 amide bonds. The number of carbonyl (C=O) groups is 1. The van der Waals surface area contributed by atoms with Gasteiger partial charge in [-0.2, -0.15) is 0 Å². The first kappa shape index (κ1) is 17.5. The van der Waals surface area contributed by atoms with Gasteiger partial charge in [0.15, 0.2) is 0 Å². The first-order valence-corrected chi connectivity index (χ1v) is 8.23. The maximum absolute atomic E-state index is 10.6. The summed E-state index contributed by atoms with van der Waals surface area (Å²) < 4.78 is 0. The molecule has 1 saturated heterocycles. The van der Waals surface area contributed by atoms with Gasteiger partial charge in [0, 0.05) is 12.0 Å². The van der Waals surface area contributed by atoms with Gasteiger partial charge in [-0.25, -0.2) is 0 Å².